The van der Waals surface area contributed by atoms with E-state index in [2.05, 4.69) is 37.2 Å². The van der Waals surface area contributed by atoms with E-state index in [1.54, 1.807) is 0 Å². The standard InChI is InChI=1S/C14H17BrFN3/c15-10-1-2-13-11(7-10)12(9-18-13)14(8-16)19-5-3-17-4-6-19/h1-2,7,9,14,17-18H,3-6,8H2/t14-/m1/s1. The van der Waals surface area contributed by atoms with Crippen LogP contribution in [-0.2, 0) is 0 Å². The van der Waals surface area contributed by atoms with Crippen molar-refractivity contribution in [2.75, 3.05) is 32.9 Å². The van der Waals surface area contributed by atoms with Crippen LogP contribution in [0.4, 0.5) is 4.39 Å². The highest BCUT2D eigenvalue weighted by atomic mass is 79.9. The summed E-state index contributed by atoms with van der Waals surface area (Å²) in [5, 5.41) is 4.41. The lowest BCUT2D eigenvalue weighted by molar-refractivity contribution is 0.148. The second-order valence-corrected chi connectivity index (χ2v) is 5.81. The van der Waals surface area contributed by atoms with Crippen LogP contribution in [0.3, 0.4) is 0 Å². The van der Waals surface area contributed by atoms with Gasteiger partial charge in [-0.15, -0.1) is 0 Å². The molecule has 5 heteroatoms. The van der Waals surface area contributed by atoms with Crippen molar-refractivity contribution in [1.29, 1.82) is 0 Å². The first-order valence-electron chi connectivity index (χ1n) is 6.57. The van der Waals surface area contributed by atoms with E-state index < -0.39 is 0 Å². The summed E-state index contributed by atoms with van der Waals surface area (Å²) in [6, 6.07) is 5.94. The molecule has 1 aliphatic rings. The van der Waals surface area contributed by atoms with Gasteiger partial charge in [-0.25, -0.2) is 4.39 Å². The Kier molecular flexibility index (Phi) is 3.86. The molecule has 1 saturated heterocycles. The summed E-state index contributed by atoms with van der Waals surface area (Å²) in [6.45, 7) is 3.31. The molecule has 3 nitrogen and oxygen atoms in total. The van der Waals surface area contributed by atoms with Gasteiger partial charge in [0.05, 0.1) is 6.04 Å². The molecule has 0 saturated carbocycles. The van der Waals surface area contributed by atoms with Gasteiger partial charge in [-0.3, -0.25) is 4.90 Å². The quantitative estimate of drug-likeness (QED) is 0.909. The molecule has 1 fully saturated rings. The van der Waals surface area contributed by atoms with E-state index in [4.69, 9.17) is 0 Å². The Balaban J connectivity index is 1.98. The normalized spacial score (nSPS) is 18.8. The van der Waals surface area contributed by atoms with Crippen molar-refractivity contribution in [3.05, 3.63) is 34.4 Å². The Morgan fingerprint density at radius 3 is 2.84 bits per heavy atom. The number of nitrogens with zero attached hydrogens (tertiary/aromatic N) is 1. The first-order chi connectivity index (χ1) is 9.29. The van der Waals surface area contributed by atoms with Crippen molar-refractivity contribution < 1.29 is 4.39 Å². The fraction of sp³-hybridized carbons (Fsp3) is 0.429. The minimum atomic E-state index is -0.348. The number of aromatic amines is 1. The van der Waals surface area contributed by atoms with Crippen LogP contribution in [0.25, 0.3) is 10.9 Å². The van der Waals surface area contributed by atoms with Gasteiger partial charge >= 0.3 is 0 Å². The third kappa shape index (κ3) is 2.55. The molecule has 0 radical (unpaired) electrons. The molecule has 0 aliphatic carbocycles. The third-order valence-corrected chi connectivity index (χ3v) is 4.27. The number of alkyl halides is 1. The number of aromatic nitrogens is 1. The largest absolute Gasteiger partial charge is 0.361 e. The highest BCUT2D eigenvalue weighted by Gasteiger charge is 2.24. The summed E-state index contributed by atoms with van der Waals surface area (Å²) in [4.78, 5) is 5.46. The maximum atomic E-state index is 13.5. The topological polar surface area (TPSA) is 31.1 Å². The molecule has 0 spiro atoms. The SMILES string of the molecule is FC[C@H](c1c[nH]c2ccc(Br)cc12)N1CCNCC1. The smallest absolute Gasteiger partial charge is 0.109 e. The molecule has 0 amide bonds. The maximum Gasteiger partial charge on any atom is 0.109 e. The highest BCUT2D eigenvalue weighted by molar-refractivity contribution is 9.10. The molecule has 1 atom stereocenters. The summed E-state index contributed by atoms with van der Waals surface area (Å²) < 4.78 is 14.6. The molecule has 3 rings (SSSR count). The second kappa shape index (κ2) is 5.61. The van der Waals surface area contributed by atoms with Crippen LogP contribution in [0.15, 0.2) is 28.9 Å². The predicted octanol–water partition coefficient (Wildman–Crippen LogP) is 2.85. The van der Waals surface area contributed by atoms with E-state index in [9.17, 15) is 4.39 Å². The average Bonchev–Trinajstić information content (AvgIpc) is 2.84. The van der Waals surface area contributed by atoms with Crippen molar-refractivity contribution in [3.8, 4) is 0 Å². The van der Waals surface area contributed by atoms with E-state index in [1.807, 2.05) is 18.3 Å². The fourth-order valence-electron chi connectivity index (χ4n) is 2.76. The lowest BCUT2D eigenvalue weighted by Crippen LogP contribution is -2.45. The van der Waals surface area contributed by atoms with Gasteiger partial charge in [0.1, 0.15) is 6.67 Å². The van der Waals surface area contributed by atoms with E-state index in [-0.39, 0.29) is 12.7 Å². The molecule has 102 valence electrons. The van der Waals surface area contributed by atoms with Crippen LogP contribution in [-0.4, -0.2) is 42.7 Å². The van der Waals surface area contributed by atoms with E-state index >= 15 is 0 Å². The average molecular weight is 326 g/mol. The van der Waals surface area contributed by atoms with Crippen molar-refractivity contribution in [2.24, 2.45) is 0 Å². The summed E-state index contributed by atoms with van der Waals surface area (Å²) in [5.41, 5.74) is 2.12. The number of rotatable bonds is 3. The Morgan fingerprint density at radius 2 is 2.11 bits per heavy atom. The lowest BCUT2D eigenvalue weighted by Gasteiger charge is -2.33. The number of benzene rings is 1. The van der Waals surface area contributed by atoms with Crippen LogP contribution < -0.4 is 5.32 Å². The van der Waals surface area contributed by atoms with Gasteiger partial charge in [-0.05, 0) is 23.8 Å². The zero-order valence-electron chi connectivity index (χ0n) is 10.6. The number of hydrogen-bond donors (Lipinski definition) is 2. The van der Waals surface area contributed by atoms with Gasteiger partial charge in [0.2, 0.25) is 0 Å². The molecule has 0 unspecified atom stereocenters. The molecule has 1 aromatic carbocycles. The van der Waals surface area contributed by atoms with Gasteiger partial charge in [-0.2, -0.15) is 0 Å². The third-order valence-electron chi connectivity index (χ3n) is 3.77. The number of hydrogen-bond acceptors (Lipinski definition) is 2. The van der Waals surface area contributed by atoms with Crippen LogP contribution >= 0.6 is 15.9 Å². The number of fused-ring (bicyclic) bond motifs is 1. The summed E-state index contributed by atoms with van der Waals surface area (Å²) in [7, 11) is 0. The van der Waals surface area contributed by atoms with Crippen LogP contribution in [0.5, 0.6) is 0 Å². The van der Waals surface area contributed by atoms with Gasteiger partial charge in [0.25, 0.3) is 0 Å². The van der Waals surface area contributed by atoms with Crippen molar-refractivity contribution in [2.45, 2.75) is 6.04 Å². The minimum absolute atomic E-state index is 0.148. The summed E-state index contributed by atoms with van der Waals surface area (Å²) in [5.74, 6) is 0. The number of H-pyrrole nitrogens is 1. The second-order valence-electron chi connectivity index (χ2n) is 4.89. The van der Waals surface area contributed by atoms with E-state index in [0.717, 1.165) is 47.1 Å². The van der Waals surface area contributed by atoms with Crippen LogP contribution in [0.2, 0.25) is 0 Å². The zero-order chi connectivity index (χ0) is 13.2. The molecule has 2 N–H and O–H groups in total. The first kappa shape index (κ1) is 13.1. The van der Waals surface area contributed by atoms with Gasteiger partial charge < -0.3 is 10.3 Å². The number of nitrogens with one attached hydrogen (secondary N) is 2. The Bertz CT molecular complexity index is 563. The Labute approximate surface area is 120 Å². The van der Waals surface area contributed by atoms with Crippen molar-refractivity contribution >= 4 is 26.8 Å². The maximum absolute atomic E-state index is 13.5. The lowest BCUT2D eigenvalue weighted by atomic mass is 10.0. The van der Waals surface area contributed by atoms with Gasteiger partial charge in [0, 0.05) is 47.8 Å². The molecule has 1 aliphatic heterocycles. The predicted molar refractivity (Wildman–Crippen MR) is 79.2 cm³/mol. The molecular formula is C14H17BrFN3. The Hall–Kier alpha value is -0.910. The monoisotopic (exact) mass is 325 g/mol. The van der Waals surface area contributed by atoms with Crippen LogP contribution in [0.1, 0.15) is 11.6 Å². The fourth-order valence-corrected chi connectivity index (χ4v) is 3.12. The van der Waals surface area contributed by atoms with Crippen LogP contribution in [0, 0.1) is 0 Å². The van der Waals surface area contributed by atoms with Crippen molar-refractivity contribution in [1.82, 2.24) is 15.2 Å². The minimum Gasteiger partial charge on any atom is -0.361 e. The summed E-state index contributed by atoms with van der Waals surface area (Å²) >= 11 is 3.49. The van der Waals surface area contributed by atoms with E-state index in [1.165, 1.54) is 0 Å². The number of piperazine rings is 1. The van der Waals surface area contributed by atoms with Gasteiger partial charge in [0.15, 0.2) is 0 Å². The first-order valence-corrected chi connectivity index (χ1v) is 7.36. The Morgan fingerprint density at radius 1 is 1.32 bits per heavy atom. The van der Waals surface area contributed by atoms with Crippen molar-refractivity contribution in [3.63, 3.8) is 0 Å². The molecule has 2 heterocycles. The number of halogens is 2. The molecule has 1 aromatic heterocycles. The molecule has 0 bridgehead atoms. The molecule has 19 heavy (non-hydrogen) atoms. The highest BCUT2D eigenvalue weighted by Crippen LogP contribution is 2.30. The zero-order valence-corrected chi connectivity index (χ0v) is 12.2. The molecular weight excluding hydrogens is 309 g/mol. The molecule has 2 aromatic rings. The summed E-state index contributed by atoms with van der Waals surface area (Å²) in [6.07, 6.45) is 1.95. The van der Waals surface area contributed by atoms with E-state index in [0.29, 0.717) is 0 Å². The van der Waals surface area contributed by atoms with Gasteiger partial charge in [-0.1, -0.05) is 15.9 Å².